The molecule has 0 aliphatic heterocycles. The van der Waals surface area contributed by atoms with Crippen LogP contribution in [-0.2, 0) is 0 Å². The van der Waals surface area contributed by atoms with E-state index in [1.807, 2.05) is 0 Å². The third-order valence-electron chi connectivity index (χ3n) is 0. The van der Waals surface area contributed by atoms with Crippen LogP contribution < -0.4 is 0 Å². The van der Waals surface area contributed by atoms with Crippen molar-refractivity contribution in [1.29, 1.82) is 0 Å². The molecule has 0 aliphatic carbocycles. The fraction of sp³-hybridized carbons (Fsp3) is 0. The molecule has 4 N–H and O–H groups in total. The fourth-order valence-corrected chi connectivity index (χ4v) is 0. The first-order chi connectivity index (χ1) is 2.73. The van der Waals surface area contributed by atoms with E-state index in [0.717, 1.165) is 0 Å². The topological polar surface area (TPSA) is 80.9 Å². The van der Waals surface area contributed by atoms with Crippen molar-refractivity contribution in [1.82, 2.24) is 0 Å². The van der Waals surface area contributed by atoms with Crippen LogP contribution in [0.1, 0.15) is 0 Å². The van der Waals surface area contributed by atoms with Gasteiger partial charge in [-0.2, -0.15) is 0 Å². The molecule has 0 rings (SSSR count). The van der Waals surface area contributed by atoms with Gasteiger partial charge in [0.25, 0.3) is 0 Å². The summed E-state index contributed by atoms with van der Waals surface area (Å²) in [5, 5.41) is 27.0. The van der Waals surface area contributed by atoms with E-state index in [9.17, 15) is 0 Å². The van der Waals surface area contributed by atoms with Crippen molar-refractivity contribution in [3.63, 3.8) is 0 Å². The van der Waals surface area contributed by atoms with Crippen LogP contribution in [0.3, 0.4) is 0 Å². The van der Waals surface area contributed by atoms with Crippen molar-refractivity contribution in [3.05, 3.63) is 0 Å². The summed E-state index contributed by atoms with van der Waals surface area (Å²) in [7, 11) is -2.17. The number of hydrogen-bond acceptors (Lipinski definition) is 4. The second-order valence-corrected chi connectivity index (χ2v) is 0.346. The van der Waals surface area contributed by atoms with Gasteiger partial charge in [0, 0.05) is 0 Å². The summed E-state index contributed by atoms with van der Waals surface area (Å²) in [6, 6.07) is 0. The first kappa shape index (κ1) is 15.8. The summed E-state index contributed by atoms with van der Waals surface area (Å²) in [5.74, 6) is 0. The van der Waals surface area contributed by atoms with Crippen LogP contribution in [0.2, 0.25) is 0 Å². The third-order valence-corrected chi connectivity index (χ3v) is 0. The van der Waals surface area contributed by atoms with Crippen LogP contribution in [0.4, 0.5) is 4.53 Å². The van der Waals surface area contributed by atoms with E-state index in [0.29, 0.717) is 0 Å². The Morgan fingerprint density at radius 3 is 1.00 bits per heavy atom. The Labute approximate surface area is 82.5 Å². The fourth-order valence-electron chi connectivity index (χ4n) is 0. The molecule has 0 heterocycles. The Hall–Kier alpha value is 1.47. The SMILES string of the molecule is OB(O)O.OF.[KH]. The van der Waals surface area contributed by atoms with Gasteiger partial charge in [-0.15, -0.1) is 0 Å². The minimum atomic E-state index is -2.17. The maximum atomic E-state index is 8.50. The summed E-state index contributed by atoms with van der Waals surface area (Å²) in [6.45, 7) is 0. The van der Waals surface area contributed by atoms with Crippen molar-refractivity contribution >= 4 is 58.7 Å². The van der Waals surface area contributed by atoms with Crippen molar-refractivity contribution in [3.8, 4) is 0 Å². The van der Waals surface area contributed by atoms with Crippen LogP contribution in [-0.4, -0.2) is 79.1 Å². The molecule has 0 fully saturated rings. The van der Waals surface area contributed by atoms with E-state index in [1.54, 1.807) is 0 Å². The standard InChI is InChI=1S/BH3O3.FHO.K.H/c2-1(3)4;1-2;;/h2-4H;2H;;. The second kappa shape index (κ2) is 15.6. The third kappa shape index (κ3) is 103. The van der Waals surface area contributed by atoms with Gasteiger partial charge in [0.1, 0.15) is 0 Å². The Balaban J connectivity index is -0.0000000480. The molecule has 0 aromatic heterocycles. The van der Waals surface area contributed by atoms with E-state index < -0.39 is 7.32 Å². The molecule has 7 heteroatoms. The quantitative estimate of drug-likeness (QED) is 0.272. The molecular weight excluding hydrogens is 133 g/mol. The molecule has 0 amide bonds. The molecule has 7 heavy (non-hydrogen) atoms. The maximum absolute atomic E-state index is 8.50. The van der Waals surface area contributed by atoms with Crippen LogP contribution >= 0.6 is 0 Å². The first-order valence-electron chi connectivity index (χ1n) is 0.944. The minimum absolute atomic E-state index is 0. The number of hydrogen-bond donors (Lipinski definition) is 4. The summed E-state index contributed by atoms with van der Waals surface area (Å²) in [4.78, 5) is 0. The number of rotatable bonds is 0. The van der Waals surface area contributed by atoms with Crippen LogP contribution in [0.5, 0.6) is 0 Å². The Kier molecular flexibility index (Phi) is 35.3. The van der Waals surface area contributed by atoms with Crippen LogP contribution in [0.25, 0.3) is 0 Å². The van der Waals surface area contributed by atoms with Gasteiger partial charge in [-0.3, -0.25) is 0 Å². The zero-order valence-electron chi connectivity index (χ0n) is 2.74. The van der Waals surface area contributed by atoms with Gasteiger partial charge in [-0.25, -0.2) is 5.31 Å². The summed E-state index contributed by atoms with van der Waals surface area (Å²) in [5.41, 5.74) is 0. The van der Waals surface area contributed by atoms with Crippen LogP contribution in [0.15, 0.2) is 0 Å². The molecule has 0 saturated carbocycles. The van der Waals surface area contributed by atoms with Gasteiger partial charge in [-0.05, 0) is 0 Å². The summed E-state index contributed by atoms with van der Waals surface area (Å²) < 4.78 is 8.50. The Morgan fingerprint density at radius 1 is 1.00 bits per heavy atom. The molecular formula is H5BFKO4. The molecule has 0 aromatic carbocycles. The van der Waals surface area contributed by atoms with Crippen molar-refractivity contribution in [2.24, 2.45) is 0 Å². The first-order valence-corrected chi connectivity index (χ1v) is 0.944. The van der Waals surface area contributed by atoms with Crippen LogP contribution in [0, 0.1) is 0 Å². The van der Waals surface area contributed by atoms with Gasteiger partial charge in [0.2, 0.25) is 0 Å². The molecule has 0 unspecified atom stereocenters. The zero-order chi connectivity index (χ0) is 5.58. The molecule has 0 aliphatic rings. The van der Waals surface area contributed by atoms with Gasteiger partial charge in [0.15, 0.2) is 0 Å². The summed E-state index contributed by atoms with van der Waals surface area (Å²) >= 11 is 0. The van der Waals surface area contributed by atoms with E-state index in [4.69, 9.17) is 24.9 Å². The Morgan fingerprint density at radius 2 is 1.00 bits per heavy atom. The summed E-state index contributed by atoms with van der Waals surface area (Å²) in [6.07, 6.45) is 0. The van der Waals surface area contributed by atoms with Gasteiger partial charge in [0.05, 0.1) is 0 Å². The van der Waals surface area contributed by atoms with Crippen molar-refractivity contribution in [2.45, 2.75) is 0 Å². The second-order valence-electron chi connectivity index (χ2n) is 0.346. The van der Waals surface area contributed by atoms with Gasteiger partial charge in [-0.1, -0.05) is 4.53 Å². The molecule has 0 spiro atoms. The predicted octanol–water partition coefficient (Wildman–Crippen LogP) is -2.84. The predicted molar refractivity (Wildman–Crippen MR) is 22.9 cm³/mol. The molecule has 0 bridgehead atoms. The zero-order valence-corrected chi connectivity index (χ0v) is 2.74. The van der Waals surface area contributed by atoms with Crippen molar-refractivity contribution in [2.75, 3.05) is 0 Å². The average molecular weight is 138 g/mol. The molecule has 0 saturated heterocycles. The monoisotopic (exact) mass is 138 g/mol. The molecule has 0 radical (unpaired) electrons. The average Bonchev–Trinajstić information content (AvgIpc) is 1.41. The van der Waals surface area contributed by atoms with Gasteiger partial charge >= 0.3 is 58.7 Å². The normalized spacial score (nSPS) is 4.71. The number of halogens is 1. The van der Waals surface area contributed by atoms with E-state index in [1.165, 1.54) is 0 Å². The van der Waals surface area contributed by atoms with E-state index in [2.05, 4.69) is 0 Å². The molecule has 4 nitrogen and oxygen atoms in total. The van der Waals surface area contributed by atoms with Gasteiger partial charge < -0.3 is 15.1 Å². The molecule has 40 valence electrons. The van der Waals surface area contributed by atoms with Crippen molar-refractivity contribution < 1.29 is 24.9 Å². The van der Waals surface area contributed by atoms with E-state index in [-0.39, 0.29) is 51.4 Å². The van der Waals surface area contributed by atoms with E-state index >= 15 is 0 Å². The Bertz CT molecular complexity index is 16.4. The molecule has 0 atom stereocenters. The molecule has 0 aromatic rings.